The number of benzene rings is 2. The van der Waals surface area contributed by atoms with E-state index in [-0.39, 0.29) is 29.5 Å². The highest BCUT2D eigenvalue weighted by Gasteiger charge is 2.41. The van der Waals surface area contributed by atoms with Crippen molar-refractivity contribution in [2.75, 3.05) is 18.4 Å². The van der Waals surface area contributed by atoms with Gasteiger partial charge in [0.05, 0.1) is 10.9 Å². The van der Waals surface area contributed by atoms with Crippen LogP contribution in [0.1, 0.15) is 36.9 Å². The minimum atomic E-state index is -0.119. The zero-order valence-electron chi connectivity index (χ0n) is 19.0. The lowest BCUT2D eigenvalue weighted by Crippen LogP contribution is -2.41. The van der Waals surface area contributed by atoms with E-state index in [0.29, 0.717) is 13.1 Å². The molecule has 6 nitrogen and oxygen atoms in total. The number of carbonyl (C=O) groups excluding carboxylic acids is 1. The maximum Gasteiger partial charge on any atom is 0.401 e. The number of anilines is 1. The summed E-state index contributed by atoms with van der Waals surface area (Å²) in [4.78, 5) is 31.8. The topological polar surface area (TPSA) is 67.2 Å². The second-order valence-corrected chi connectivity index (χ2v) is 9.44. The molecular formula is C28H27N4O2+. The van der Waals surface area contributed by atoms with Gasteiger partial charge in [0.1, 0.15) is 0 Å². The van der Waals surface area contributed by atoms with Crippen molar-refractivity contribution >= 4 is 33.3 Å². The van der Waals surface area contributed by atoms with Gasteiger partial charge in [-0.2, -0.15) is 0 Å². The average molecular weight is 452 g/mol. The predicted molar refractivity (Wildman–Crippen MR) is 135 cm³/mol. The molecule has 6 rings (SSSR count). The number of hydrogen-bond acceptors (Lipinski definition) is 4. The third kappa shape index (κ3) is 3.69. The van der Waals surface area contributed by atoms with Crippen LogP contribution >= 0.6 is 0 Å². The number of piperidine rings is 1. The highest BCUT2D eigenvalue weighted by atomic mass is 16.2. The fourth-order valence-corrected chi connectivity index (χ4v) is 5.27. The Morgan fingerprint density at radius 3 is 2.59 bits per heavy atom. The molecule has 34 heavy (non-hydrogen) atoms. The fourth-order valence-electron chi connectivity index (χ4n) is 5.27. The lowest BCUT2D eigenvalue weighted by molar-refractivity contribution is -0.127. The van der Waals surface area contributed by atoms with Gasteiger partial charge in [-0.3, -0.25) is 9.78 Å². The fraction of sp³-hybridized carbons (Fsp3) is 0.286. The van der Waals surface area contributed by atoms with E-state index in [2.05, 4.69) is 30.4 Å². The highest BCUT2D eigenvalue weighted by molar-refractivity contribution is 5.93. The molecule has 2 fully saturated rings. The molecule has 4 aromatic rings. The number of hydrogen-bond donors (Lipinski definition) is 1. The number of amides is 1. The smallest absolute Gasteiger partial charge is 0.382 e. The average Bonchev–Trinajstić information content (AvgIpc) is 3.65. The van der Waals surface area contributed by atoms with E-state index in [0.717, 1.165) is 52.3 Å². The second kappa shape index (κ2) is 8.20. The van der Waals surface area contributed by atoms with E-state index in [1.807, 2.05) is 53.2 Å². The van der Waals surface area contributed by atoms with Gasteiger partial charge in [-0.25, -0.2) is 4.79 Å². The molecule has 1 amide bonds. The van der Waals surface area contributed by atoms with Crippen LogP contribution in [0.15, 0.2) is 71.7 Å². The van der Waals surface area contributed by atoms with E-state index in [9.17, 15) is 9.59 Å². The van der Waals surface area contributed by atoms with E-state index >= 15 is 0 Å². The predicted octanol–water partition coefficient (Wildman–Crippen LogP) is 4.52. The molecule has 1 aliphatic carbocycles. The summed E-state index contributed by atoms with van der Waals surface area (Å²) in [5.41, 5.74) is 2.96. The first-order valence-corrected chi connectivity index (χ1v) is 12.0. The van der Waals surface area contributed by atoms with E-state index in [1.54, 1.807) is 4.90 Å². The van der Waals surface area contributed by atoms with Crippen molar-refractivity contribution in [3.63, 3.8) is 0 Å². The van der Waals surface area contributed by atoms with E-state index < -0.39 is 0 Å². The molecule has 0 radical (unpaired) electrons. The van der Waals surface area contributed by atoms with Gasteiger partial charge >= 0.3 is 5.91 Å². The van der Waals surface area contributed by atoms with Crippen molar-refractivity contribution in [3.8, 4) is 0 Å². The number of aromatic nitrogens is 2. The number of rotatable bonds is 4. The van der Waals surface area contributed by atoms with Crippen LogP contribution in [0.3, 0.4) is 0 Å². The number of para-hydroxylation sites is 1. The van der Waals surface area contributed by atoms with Crippen LogP contribution in [0.5, 0.6) is 0 Å². The minimum absolute atomic E-state index is 0.0410. The Morgan fingerprint density at radius 1 is 0.971 bits per heavy atom. The van der Waals surface area contributed by atoms with Crippen LogP contribution in [0.2, 0.25) is 0 Å². The molecule has 2 atom stereocenters. The summed E-state index contributed by atoms with van der Waals surface area (Å²) in [7, 11) is 0. The summed E-state index contributed by atoms with van der Waals surface area (Å²) in [6, 6.07) is 20.7. The van der Waals surface area contributed by atoms with Crippen molar-refractivity contribution < 1.29 is 4.79 Å². The molecule has 0 bridgehead atoms. The summed E-state index contributed by atoms with van der Waals surface area (Å²) < 4.78 is 1.89. The summed E-state index contributed by atoms with van der Waals surface area (Å²) in [6.45, 7) is 4.90. The molecule has 2 aromatic heterocycles. The maximum absolute atomic E-state index is 13.6. The normalized spacial score (nSPS) is 20.5. The zero-order chi connectivity index (χ0) is 23.2. The first kappa shape index (κ1) is 20.8. The van der Waals surface area contributed by atoms with Gasteiger partial charge in [-0.05, 0) is 48.9 Å². The summed E-state index contributed by atoms with van der Waals surface area (Å²) in [5.74, 6) is 0.135. The maximum atomic E-state index is 13.6. The molecule has 0 spiro atoms. The van der Waals surface area contributed by atoms with Crippen molar-refractivity contribution in [1.29, 1.82) is 0 Å². The van der Waals surface area contributed by atoms with Crippen LogP contribution in [-0.4, -0.2) is 39.5 Å². The quantitative estimate of drug-likeness (QED) is 0.464. The first-order valence-electron chi connectivity index (χ1n) is 12.0. The Balaban J connectivity index is 1.27. The Labute approximate surface area is 198 Å². The van der Waals surface area contributed by atoms with Gasteiger partial charge in [0.2, 0.25) is 0 Å². The van der Waals surface area contributed by atoms with Gasteiger partial charge < -0.3 is 14.8 Å². The van der Waals surface area contributed by atoms with Crippen molar-refractivity contribution in [2.24, 2.45) is 0 Å². The number of carbonyl (C=O) groups is 1. The van der Waals surface area contributed by atoms with E-state index in [1.165, 1.54) is 0 Å². The number of likely N-dealkylation sites (tertiary alicyclic amines) is 1. The molecule has 6 heteroatoms. The Kier molecular flexibility index (Phi) is 5.01. The summed E-state index contributed by atoms with van der Waals surface area (Å²) >= 11 is 0. The van der Waals surface area contributed by atoms with Crippen LogP contribution in [-0.2, 0) is 4.79 Å². The highest BCUT2D eigenvalue weighted by Crippen LogP contribution is 2.50. The van der Waals surface area contributed by atoms with Crippen molar-refractivity contribution in [1.82, 2.24) is 14.5 Å². The largest absolute Gasteiger partial charge is 0.401 e. The Morgan fingerprint density at radius 2 is 1.76 bits per heavy atom. The monoisotopic (exact) mass is 451 g/mol. The molecule has 2 aromatic carbocycles. The third-order valence-corrected chi connectivity index (χ3v) is 7.28. The van der Waals surface area contributed by atoms with Crippen molar-refractivity contribution in [2.45, 2.75) is 37.3 Å². The zero-order valence-corrected chi connectivity index (χ0v) is 19.0. The summed E-state index contributed by atoms with van der Waals surface area (Å²) in [6.07, 6.45) is 4.54. The second-order valence-electron chi connectivity index (χ2n) is 9.44. The van der Waals surface area contributed by atoms with Crippen LogP contribution < -0.4 is 10.9 Å². The standard InChI is InChI=1S/C28H26N4O2/c1-18(33)31-14-12-21(13-15-31)29-25-8-4-6-20-11-16-32(28(34)27(20)25)26-17-22(26)24-10-9-19-5-2-3-7-23(19)30-24/h2-11,16,21-22,26H,1,12-15,17H2/p+1. The molecule has 2 unspecified atom stereocenters. The first-order chi connectivity index (χ1) is 16.6. The van der Waals surface area contributed by atoms with E-state index in [4.69, 9.17) is 4.98 Å². The molecule has 170 valence electrons. The van der Waals surface area contributed by atoms with Crippen LogP contribution in [0, 0.1) is 6.92 Å². The molecule has 1 saturated heterocycles. The Hall–Kier alpha value is -3.80. The molecule has 1 saturated carbocycles. The van der Waals surface area contributed by atoms with Gasteiger partial charge in [0, 0.05) is 54.1 Å². The molecular weight excluding hydrogens is 424 g/mol. The molecule has 1 aliphatic heterocycles. The lowest BCUT2D eigenvalue weighted by Gasteiger charge is -2.30. The number of fused-ring (bicyclic) bond motifs is 2. The molecule has 3 heterocycles. The van der Waals surface area contributed by atoms with Gasteiger partial charge in [0.25, 0.3) is 5.56 Å². The number of nitrogens with zero attached hydrogens (tertiary/aromatic N) is 3. The molecule has 1 N–H and O–H groups in total. The van der Waals surface area contributed by atoms with Gasteiger partial charge in [-0.15, -0.1) is 0 Å². The van der Waals surface area contributed by atoms with Gasteiger partial charge in [-0.1, -0.05) is 36.4 Å². The van der Waals surface area contributed by atoms with Gasteiger partial charge in [0.15, 0.2) is 6.92 Å². The number of pyridine rings is 2. The third-order valence-electron chi connectivity index (χ3n) is 7.28. The van der Waals surface area contributed by atoms with Crippen LogP contribution in [0.4, 0.5) is 5.69 Å². The summed E-state index contributed by atoms with van der Waals surface area (Å²) in [5, 5.41) is 6.40. The lowest BCUT2D eigenvalue weighted by atomic mass is 10.0. The minimum Gasteiger partial charge on any atom is -0.382 e. The number of nitrogens with one attached hydrogen (secondary N) is 1. The SMILES string of the molecule is [CH2+]C(=O)N1CCC(Nc2cccc3ccn(C4CC4c4ccc5ccccc5n4)c(=O)c23)CC1. The van der Waals surface area contributed by atoms with Crippen LogP contribution in [0.25, 0.3) is 21.7 Å². The molecule has 2 aliphatic rings. The van der Waals surface area contributed by atoms with Crippen molar-refractivity contribution in [3.05, 3.63) is 89.8 Å². The Bertz CT molecular complexity index is 1450.